The molecule has 2 aliphatic rings. The number of aryl methyl sites for hydroxylation is 1. The van der Waals surface area contributed by atoms with Crippen molar-refractivity contribution >= 4 is 33.2 Å². The van der Waals surface area contributed by atoms with Crippen LogP contribution in [0.25, 0.3) is 16.2 Å². The van der Waals surface area contributed by atoms with E-state index in [1.165, 1.54) is 31.2 Å². The summed E-state index contributed by atoms with van der Waals surface area (Å²) in [6, 6.07) is 9.22. The van der Waals surface area contributed by atoms with Gasteiger partial charge in [0.25, 0.3) is 0 Å². The molecule has 0 unspecified atom stereocenters. The van der Waals surface area contributed by atoms with Gasteiger partial charge in [-0.05, 0) is 24.8 Å². The molecule has 3 aromatic rings. The first-order chi connectivity index (χ1) is 16.0. The Bertz CT molecular complexity index is 1100. The lowest BCUT2D eigenvalue weighted by Gasteiger charge is -2.35. The van der Waals surface area contributed by atoms with Gasteiger partial charge >= 0.3 is 0 Å². The third-order valence-electron chi connectivity index (χ3n) is 6.88. The van der Waals surface area contributed by atoms with Crippen LogP contribution in [-0.4, -0.2) is 57.6 Å². The molecule has 1 amide bonds. The third-order valence-corrected chi connectivity index (χ3v) is 7.85. The molecule has 1 aliphatic carbocycles. The number of nitrogens with zero attached hydrogens (tertiary/aromatic N) is 5. The third kappa shape index (κ3) is 4.45. The lowest BCUT2D eigenvalue weighted by Crippen LogP contribution is -2.49. The van der Waals surface area contributed by atoms with Crippen LogP contribution in [-0.2, 0) is 11.2 Å². The number of benzene rings is 1. The van der Waals surface area contributed by atoms with E-state index in [-0.39, 0.29) is 11.8 Å². The van der Waals surface area contributed by atoms with Crippen LogP contribution < -0.4 is 10.2 Å². The van der Waals surface area contributed by atoms with E-state index < -0.39 is 0 Å². The van der Waals surface area contributed by atoms with Crippen LogP contribution in [0.2, 0.25) is 0 Å². The quantitative estimate of drug-likeness (QED) is 0.571. The van der Waals surface area contributed by atoms with Crippen LogP contribution >= 0.6 is 11.3 Å². The van der Waals surface area contributed by atoms with Crippen LogP contribution in [0.15, 0.2) is 24.3 Å². The maximum atomic E-state index is 12.3. The van der Waals surface area contributed by atoms with Crippen molar-refractivity contribution in [2.24, 2.45) is 5.92 Å². The van der Waals surface area contributed by atoms with Crippen LogP contribution in [0.1, 0.15) is 52.0 Å². The zero-order valence-electron chi connectivity index (χ0n) is 19.9. The normalized spacial score (nSPS) is 17.5. The highest BCUT2D eigenvalue weighted by molar-refractivity contribution is 7.20. The summed E-state index contributed by atoms with van der Waals surface area (Å²) in [6.07, 6.45) is 5.99. The van der Waals surface area contributed by atoms with Crippen molar-refractivity contribution in [2.45, 2.75) is 58.9 Å². The average molecular weight is 467 g/mol. The van der Waals surface area contributed by atoms with Crippen molar-refractivity contribution in [1.29, 1.82) is 0 Å². The van der Waals surface area contributed by atoms with Gasteiger partial charge in [-0.1, -0.05) is 69.2 Å². The second-order valence-corrected chi connectivity index (χ2v) is 10.5. The number of aromatic nitrogens is 3. The lowest BCUT2D eigenvalue weighted by atomic mass is 10.1. The number of nitrogens with one attached hydrogen (secondary N) is 1. The fraction of sp³-hybridized carbons (Fsp3) is 0.560. The van der Waals surface area contributed by atoms with Gasteiger partial charge in [0.1, 0.15) is 5.69 Å². The SMILES string of the molecule is CCc1ccc(-c2nc3sc(N4CCN(C(=O)C(C)C)CC4)nn3c2NC2CCCC2)cc1. The number of carbonyl (C=O) groups excluding carboxylic acids is 1. The number of fused-ring (bicyclic) bond motifs is 1. The van der Waals surface area contributed by atoms with Gasteiger partial charge in [0.15, 0.2) is 5.82 Å². The molecule has 176 valence electrons. The summed E-state index contributed by atoms with van der Waals surface area (Å²) < 4.78 is 2.01. The smallest absolute Gasteiger partial charge is 0.225 e. The van der Waals surface area contributed by atoms with Crippen molar-refractivity contribution < 1.29 is 4.79 Å². The van der Waals surface area contributed by atoms with Gasteiger partial charge in [-0.3, -0.25) is 4.79 Å². The first-order valence-electron chi connectivity index (χ1n) is 12.3. The minimum Gasteiger partial charge on any atom is -0.365 e. The van der Waals surface area contributed by atoms with Crippen LogP contribution in [0, 0.1) is 5.92 Å². The zero-order chi connectivity index (χ0) is 22.9. The van der Waals surface area contributed by atoms with E-state index in [1.54, 1.807) is 11.3 Å². The molecule has 5 rings (SSSR count). The van der Waals surface area contributed by atoms with Crippen LogP contribution in [0.5, 0.6) is 0 Å². The Labute approximate surface area is 199 Å². The second-order valence-electron chi connectivity index (χ2n) is 9.53. The number of imidazole rings is 1. The molecule has 0 atom stereocenters. The van der Waals surface area contributed by atoms with Crippen molar-refractivity contribution in [2.75, 3.05) is 36.4 Å². The summed E-state index contributed by atoms with van der Waals surface area (Å²) in [6.45, 7) is 9.24. The van der Waals surface area contributed by atoms with Gasteiger partial charge in [0.2, 0.25) is 16.0 Å². The van der Waals surface area contributed by atoms with Crippen molar-refractivity contribution in [3.05, 3.63) is 29.8 Å². The van der Waals surface area contributed by atoms with Crippen LogP contribution in [0.3, 0.4) is 0 Å². The number of rotatable bonds is 6. The molecule has 1 aromatic carbocycles. The molecule has 3 heterocycles. The maximum absolute atomic E-state index is 12.3. The predicted molar refractivity (Wildman–Crippen MR) is 135 cm³/mol. The van der Waals surface area contributed by atoms with Crippen molar-refractivity contribution in [3.8, 4) is 11.3 Å². The van der Waals surface area contributed by atoms with Gasteiger partial charge in [-0.25, -0.2) is 4.98 Å². The summed E-state index contributed by atoms with van der Waals surface area (Å²) in [4.78, 5) is 22.5. The molecule has 33 heavy (non-hydrogen) atoms. The Morgan fingerprint density at radius 3 is 2.45 bits per heavy atom. The molecule has 1 saturated heterocycles. The highest BCUT2D eigenvalue weighted by Crippen LogP contribution is 2.35. The molecule has 1 N–H and O–H groups in total. The number of hydrogen-bond donors (Lipinski definition) is 1. The Morgan fingerprint density at radius 2 is 1.82 bits per heavy atom. The fourth-order valence-corrected chi connectivity index (χ4v) is 5.79. The molecule has 7 nitrogen and oxygen atoms in total. The average Bonchev–Trinajstić information content (AvgIpc) is 3.57. The first-order valence-corrected chi connectivity index (χ1v) is 13.1. The molecule has 2 fully saturated rings. The Hall–Kier alpha value is -2.61. The van der Waals surface area contributed by atoms with Gasteiger partial charge in [0.05, 0.1) is 0 Å². The standard InChI is InChI=1S/C25H34N6OS/c1-4-18-9-11-19(12-10-18)21-22(26-20-7-5-6-8-20)31-24(27-21)33-25(28-31)30-15-13-29(14-16-30)23(32)17(2)3/h9-12,17,20,26H,4-8,13-16H2,1-3H3. The predicted octanol–water partition coefficient (Wildman–Crippen LogP) is 4.68. The van der Waals surface area contributed by atoms with Gasteiger partial charge in [-0.2, -0.15) is 4.52 Å². The second kappa shape index (κ2) is 9.33. The summed E-state index contributed by atoms with van der Waals surface area (Å²) in [5.41, 5.74) is 3.45. The largest absolute Gasteiger partial charge is 0.365 e. The number of piperazine rings is 1. The Morgan fingerprint density at radius 1 is 1.12 bits per heavy atom. The summed E-state index contributed by atoms with van der Waals surface area (Å²) in [7, 11) is 0. The number of hydrogen-bond acceptors (Lipinski definition) is 6. The minimum absolute atomic E-state index is 0.0498. The monoisotopic (exact) mass is 466 g/mol. The summed E-state index contributed by atoms with van der Waals surface area (Å²) >= 11 is 1.64. The molecule has 8 heteroatoms. The molecular weight excluding hydrogens is 432 g/mol. The topological polar surface area (TPSA) is 65.8 Å². The van der Waals surface area contributed by atoms with E-state index in [0.717, 1.165) is 59.8 Å². The molecule has 0 radical (unpaired) electrons. The molecule has 1 aliphatic heterocycles. The fourth-order valence-electron chi connectivity index (χ4n) is 4.84. The van der Waals surface area contributed by atoms with Crippen molar-refractivity contribution in [3.63, 3.8) is 0 Å². The van der Waals surface area contributed by atoms with E-state index in [4.69, 9.17) is 10.1 Å². The van der Waals surface area contributed by atoms with Crippen molar-refractivity contribution in [1.82, 2.24) is 19.5 Å². The number of anilines is 2. The summed E-state index contributed by atoms with van der Waals surface area (Å²) in [5, 5.41) is 9.76. The molecule has 0 bridgehead atoms. The van der Waals surface area contributed by atoms with E-state index in [0.29, 0.717) is 6.04 Å². The minimum atomic E-state index is 0.0498. The maximum Gasteiger partial charge on any atom is 0.225 e. The first kappa shape index (κ1) is 22.2. The highest BCUT2D eigenvalue weighted by Gasteiger charge is 2.27. The van der Waals surface area contributed by atoms with Crippen LogP contribution in [0.4, 0.5) is 10.9 Å². The highest BCUT2D eigenvalue weighted by atomic mass is 32.1. The number of amides is 1. The molecular formula is C25H34N6OS. The van der Waals surface area contributed by atoms with Gasteiger partial charge in [-0.15, -0.1) is 5.10 Å². The van der Waals surface area contributed by atoms with Gasteiger partial charge < -0.3 is 15.1 Å². The van der Waals surface area contributed by atoms with E-state index >= 15 is 0 Å². The molecule has 0 spiro atoms. The molecule has 1 saturated carbocycles. The van der Waals surface area contributed by atoms with E-state index in [9.17, 15) is 4.79 Å². The van der Waals surface area contributed by atoms with E-state index in [1.807, 2.05) is 23.3 Å². The summed E-state index contributed by atoms with van der Waals surface area (Å²) in [5.74, 6) is 1.30. The zero-order valence-corrected chi connectivity index (χ0v) is 20.7. The van der Waals surface area contributed by atoms with Gasteiger partial charge in [0, 0.05) is 43.7 Å². The Balaban J connectivity index is 1.42. The Kier molecular flexibility index (Phi) is 6.27. The lowest BCUT2D eigenvalue weighted by molar-refractivity contribution is -0.134. The van der Waals surface area contributed by atoms with E-state index in [2.05, 4.69) is 41.4 Å². The molecule has 2 aromatic heterocycles. The number of carbonyl (C=O) groups is 1.